The SMILES string of the molecule is C1=CCCC(C2=c3ccccc3=C(C3=CC=CCC3)C3c4ccc(C5=CC=C6C=C(C7=CC=C8C=C(C9=CN%10C=CC=CC%10N9)CCC8C7)CCC6C5)c5cccc(c45)C23)=C1. The van der Waals surface area contributed by atoms with Gasteiger partial charge in [0.1, 0.15) is 6.17 Å². The number of benzene rings is 3. The van der Waals surface area contributed by atoms with Crippen LogP contribution < -0.4 is 15.8 Å². The first-order valence-corrected chi connectivity index (χ1v) is 23.2. The Labute approximate surface area is 360 Å². The monoisotopic (exact) mass is 788 g/mol. The van der Waals surface area contributed by atoms with Crippen LogP contribution in [-0.4, -0.2) is 11.1 Å². The number of hydrogen-bond acceptors (Lipinski definition) is 2. The van der Waals surface area contributed by atoms with Gasteiger partial charge in [0.25, 0.3) is 0 Å². The lowest BCUT2D eigenvalue weighted by Crippen LogP contribution is -2.38. The Morgan fingerprint density at radius 3 is 1.92 bits per heavy atom. The zero-order valence-corrected chi connectivity index (χ0v) is 34.9. The van der Waals surface area contributed by atoms with Gasteiger partial charge < -0.3 is 10.2 Å². The first-order chi connectivity index (χ1) is 30.2. The van der Waals surface area contributed by atoms with Gasteiger partial charge in [0.15, 0.2) is 0 Å². The summed E-state index contributed by atoms with van der Waals surface area (Å²) in [6, 6.07) is 21.7. The van der Waals surface area contributed by atoms with Crippen LogP contribution >= 0.6 is 0 Å². The summed E-state index contributed by atoms with van der Waals surface area (Å²) < 4.78 is 0. The van der Waals surface area contributed by atoms with Crippen molar-refractivity contribution in [1.29, 1.82) is 0 Å². The lowest BCUT2D eigenvalue weighted by atomic mass is 9.68. The lowest BCUT2D eigenvalue weighted by molar-refractivity contribution is 0.424. The van der Waals surface area contributed by atoms with Crippen LogP contribution in [0.15, 0.2) is 203 Å². The van der Waals surface area contributed by atoms with Crippen LogP contribution in [0.25, 0.3) is 27.5 Å². The minimum absolute atomic E-state index is 0.253. The molecule has 2 heteroatoms. The van der Waals surface area contributed by atoms with E-state index in [2.05, 4.69) is 168 Å². The molecule has 2 nitrogen and oxygen atoms in total. The van der Waals surface area contributed by atoms with Gasteiger partial charge in [0.2, 0.25) is 0 Å². The highest BCUT2D eigenvalue weighted by Gasteiger charge is 2.43. The fraction of sp³-hybridized carbons (Fsp3) is 0.254. The number of allylic oxidation sites excluding steroid dienone is 22. The fourth-order valence-corrected chi connectivity index (χ4v) is 12.8. The van der Waals surface area contributed by atoms with Crippen LogP contribution in [0, 0.1) is 11.8 Å². The molecule has 0 spiro atoms. The molecule has 5 unspecified atom stereocenters. The normalized spacial score (nSPS) is 27.8. The maximum Gasteiger partial charge on any atom is 0.122 e. The molecule has 2 aliphatic heterocycles. The Kier molecular flexibility index (Phi) is 8.31. The molecule has 3 aromatic rings. The fourth-order valence-electron chi connectivity index (χ4n) is 12.8. The van der Waals surface area contributed by atoms with Gasteiger partial charge in [0.05, 0.1) is 5.70 Å². The van der Waals surface area contributed by atoms with Gasteiger partial charge in [-0.15, -0.1) is 0 Å². The number of hydrogen-bond donors (Lipinski definition) is 1. The van der Waals surface area contributed by atoms with Gasteiger partial charge >= 0.3 is 0 Å². The van der Waals surface area contributed by atoms with Crippen LogP contribution in [0.4, 0.5) is 0 Å². The van der Waals surface area contributed by atoms with Gasteiger partial charge in [-0.3, -0.25) is 0 Å². The number of rotatable bonds is 5. The molecule has 298 valence electrons. The molecule has 0 saturated heterocycles. The molecule has 0 fully saturated rings. The Morgan fingerprint density at radius 1 is 0.541 bits per heavy atom. The second-order valence-corrected chi connectivity index (χ2v) is 18.9. The highest BCUT2D eigenvalue weighted by Crippen LogP contribution is 2.59. The minimum atomic E-state index is 0.253. The summed E-state index contributed by atoms with van der Waals surface area (Å²) in [5.74, 6) is 1.84. The second kappa shape index (κ2) is 14.2. The third-order valence-corrected chi connectivity index (χ3v) is 15.7. The Morgan fingerprint density at radius 2 is 1.21 bits per heavy atom. The van der Waals surface area contributed by atoms with E-state index < -0.39 is 0 Å². The molecule has 61 heavy (non-hydrogen) atoms. The van der Waals surface area contributed by atoms with Crippen LogP contribution in [-0.2, 0) is 0 Å². The maximum absolute atomic E-state index is 3.72. The van der Waals surface area contributed by atoms with Gasteiger partial charge in [0, 0.05) is 24.2 Å². The van der Waals surface area contributed by atoms with Crippen molar-refractivity contribution in [2.45, 2.75) is 82.2 Å². The Balaban J connectivity index is 0.844. The average molecular weight is 789 g/mol. The molecule has 0 saturated carbocycles. The number of nitrogens with zero attached hydrogens (tertiary/aromatic N) is 1. The summed E-state index contributed by atoms with van der Waals surface area (Å²) in [5, 5.41) is 9.58. The molecule has 10 aliphatic rings. The van der Waals surface area contributed by atoms with Gasteiger partial charge in [-0.1, -0.05) is 134 Å². The lowest BCUT2D eigenvalue weighted by Gasteiger charge is -2.34. The number of nitrogens with one attached hydrogen (secondary N) is 1. The molecule has 0 radical (unpaired) electrons. The maximum atomic E-state index is 3.72. The third-order valence-electron chi connectivity index (χ3n) is 15.7. The van der Waals surface area contributed by atoms with E-state index in [0.717, 1.165) is 38.5 Å². The molecule has 0 amide bonds. The molecule has 1 N–H and O–H groups in total. The van der Waals surface area contributed by atoms with Crippen molar-refractivity contribution in [3.63, 3.8) is 0 Å². The van der Waals surface area contributed by atoms with Crippen molar-refractivity contribution in [2.24, 2.45) is 11.8 Å². The standard InChI is InChI=1S/C59H52N2/c1-3-12-37(13-4-1)55-49-16-7-8-17-50(49)56(38-14-5-2-6-15-38)59-52-30-29-47(48-18-11-19-51(57(48)52)58(55)59)45-27-25-41-32-39(21-23-43(41)34-45)40-22-24-44-35-46(28-26-42(44)33-40)53-36-61-31-10-9-20-54(61)60-53/h1-3,5,7-12,14,16-20,22,24-25,27,29-32,35-36,42-43,54,58-60H,4,6,13,15,21,23,26,28,33-34H2. The Bertz CT molecular complexity index is 2940. The molecule has 0 aromatic heterocycles. The zero-order valence-electron chi connectivity index (χ0n) is 34.9. The van der Waals surface area contributed by atoms with Crippen LogP contribution in [0.3, 0.4) is 0 Å². The van der Waals surface area contributed by atoms with Gasteiger partial charge in [-0.2, -0.15) is 0 Å². The van der Waals surface area contributed by atoms with E-state index in [-0.39, 0.29) is 6.17 Å². The van der Waals surface area contributed by atoms with Crippen molar-refractivity contribution >= 4 is 27.5 Å². The van der Waals surface area contributed by atoms with Crippen molar-refractivity contribution in [3.8, 4) is 0 Å². The van der Waals surface area contributed by atoms with Crippen molar-refractivity contribution in [2.75, 3.05) is 0 Å². The first kappa shape index (κ1) is 35.6. The summed E-state index contributed by atoms with van der Waals surface area (Å²) >= 11 is 0. The quantitative estimate of drug-likeness (QED) is 0.277. The molecular weight excluding hydrogens is 737 g/mol. The summed E-state index contributed by atoms with van der Waals surface area (Å²) in [6.07, 6.45) is 51.7. The summed E-state index contributed by atoms with van der Waals surface area (Å²) in [5.41, 5.74) is 21.1. The average Bonchev–Trinajstić information content (AvgIpc) is 3.91. The molecule has 2 heterocycles. The van der Waals surface area contributed by atoms with E-state index in [1.165, 1.54) is 103 Å². The largest absolute Gasteiger partial charge is 0.360 e. The molecule has 8 aliphatic carbocycles. The van der Waals surface area contributed by atoms with Crippen molar-refractivity contribution < 1.29 is 0 Å². The summed E-state index contributed by atoms with van der Waals surface area (Å²) in [4.78, 5) is 2.28. The number of fused-ring (bicyclic) bond motifs is 7. The van der Waals surface area contributed by atoms with E-state index in [1.807, 2.05) is 0 Å². The summed E-state index contributed by atoms with van der Waals surface area (Å²) in [7, 11) is 0. The molecule has 0 bridgehead atoms. The predicted molar refractivity (Wildman–Crippen MR) is 253 cm³/mol. The molecular formula is C59H52N2. The second-order valence-electron chi connectivity index (χ2n) is 18.9. The van der Waals surface area contributed by atoms with Gasteiger partial charge in [-0.25, -0.2) is 0 Å². The zero-order chi connectivity index (χ0) is 40.0. The predicted octanol–water partition coefficient (Wildman–Crippen LogP) is 12.4. The van der Waals surface area contributed by atoms with Crippen LogP contribution in [0.2, 0.25) is 0 Å². The van der Waals surface area contributed by atoms with Crippen LogP contribution in [0.5, 0.6) is 0 Å². The van der Waals surface area contributed by atoms with Gasteiger partial charge in [-0.05, 0) is 182 Å². The minimum Gasteiger partial charge on any atom is -0.360 e. The topological polar surface area (TPSA) is 15.3 Å². The van der Waals surface area contributed by atoms with E-state index >= 15 is 0 Å². The van der Waals surface area contributed by atoms with E-state index in [0.29, 0.717) is 23.7 Å². The van der Waals surface area contributed by atoms with E-state index in [9.17, 15) is 0 Å². The van der Waals surface area contributed by atoms with E-state index in [4.69, 9.17) is 0 Å². The van der Waals surface area contributed by atoms with E-state index in [1.54, 1.807) is 22.3 Å². The van der Waals surface area contributed by atoms with Crippen molar-refractivity contribution in [3.05, 3.63) is 230 Å². The Hall–Kier alpha value is -6.12. The first-order valence-electron chi connectivity index (χ1n) is 23.2. The van der Waals surface area contributed by atoms with Crippen molar-refractivity contribution in [1.82, 2.24) is 10.2 Å². The van der Waals surface area contributed by atoms with Crippen LogP contribution in [0.1, 0.15) is 92.7 Å². The summed E-state index contributed by atoms with van der Waals surface area (Å²) in [6.45, 7) is 0. The highest BCUT2D eigenvalue weighted by atomic mass is 15.3. The molecule has 5 atom stereocenters. The smallest absolute Gasteiger partial charge is 0.122 e. The molecule has 13 rings (SSSR count). The molecule has 3 aromatic carbocycles. The highest BCUT2D eigenvalue weighted by molar-refractivity contribution is 6.05. The third kappa shape index (κ3) is 5.74.